The van der Waals surface area contributed by atoms with E-state index in [0.29, 0.717) is 23.2 Å². The maximum atomic E-state index is 13.0. The molecule has 1 aliphatic rings. The number of rotatable bonds is 10. The minimum atomic E-state index is -0.178. The van der Waals surface area contributed by atoms with E-state index in [4.69, 9.17) is 16.0 Å². The SMILES string of the molecule is CC(=O)Nc1cccc(C2CCN(CCCCCNC(=O)c3cc4cc(-c5ccc(Cl)cc5)c5ccccc5c4o3)CC2)c1. The third-order valence-electron chi connectivity index (χ3n) is 8.60. The highest BCUT2D eigenvalue weighted by atomic mass is 35.5. The zero-order valence-electron chi connectivity index (χ0n) is 25.1. The number of nitrogens with one attached hydrogen (secondary N) is 2. The highest BCUT2D eigenvalue weighted by Crippen LogP contribution is 2.37. The van der Waals surface area contributed by atoms with Gasteiger partial charge in [0, 0.05) is 35.0 Å². The highest BCUT2D eigenvalue weighted by molar-refractivity contribution is 6.30. The van der Waals surface area contributed by atoms with Gasteiger partial charge >= 0.3 is 0 Å². The first-order valence-electron chi connectivity index (χ1n) is 15.5. The summed E-state index contributed by atoms with van der Waals surface area (Å²) >= 11 is 6.12. The third-order valence-corrected chi connectivity index (χ3v) is 8.86. The Morgan fingerprint density at radius 1 is 0.886 bits per heavy atom. The molecular weight excluding hydrogens is 570 g/mol. The Morgan fingerprint density at radius 3 is 2.43 bits per heavy atom. The molecule has 0 unspecified atom stereocenters. The molecule has 2 amide bonds. The number of amides is 2. The van der Waals surface area contributed by atoms with E-state index in [1.807, 2.05) is 60.7 Å². The van der Waals surface area contributed by atoms with Crippen molar-refractivity contribution in [2.45, 2.75) is 44.9 Å². The predicted molar refractivity (Wildman–Crippen MR) is 180 cm³/mol. The summed E-state index contributed by atoms with van der Waals surface area (Å²) in [5.41, 5.74) is 5.07. The van der Waals surface area contributed by atoms with E-state index < -0.39 is 0 Å². The molecule has 6 nitrogen and oxygen atoms in total. The van der Waals surface area contributed by atoms with Gasteiger partial charge in [-0.1, -0.05) is 66.6 Å². The van der Waals surface area contributed by atoms with Gasteiger partial charge in [-0.05, 0) is 110 Å². The predicted octanol–water partition coefficient (Wildman–Crippen LogP) is 8.64. The van der Waals surface area contributed by atoms with Crippen molar-refractivity contribution in [2.24, 2.45) is 0 Å². The minimum absolute atomic E-state index is 0.0379. The van der Waals surface area contributed by atoms with E-state index in [0.717, 1.165) is 90.3 Å². The van der Waals surface area contributed by atoms with Crippen molar-refractivity contribution in [2.75, 3.05) is 31.5 Å². The fourth-order valence-electron chi connectivity index (χ4n) is 6.34. The number of anilines is 1. The lowest BCUT2D eigenvalue weighted by Crippen LogP contribution is -2.33. The number of benzene rings is 4. The number of piperidine rings is 1. The normalized spacial score (nSPS) is 14.2. The monoisotopic (exact) mass is 607 g/mol. The second-order valence-corrected chi connectivity index (χ2v) is 12.2. The van der Waals surface area contributed by atoms with Crippen LogP contribution in [0.25, 0.3) is 32.9 Å². The first kappa shape index (κ1) is 29.9. The van der Waals surface area contributed by atoms with Crippen molar-refractivity contribution in [3.8, 4) is 11.1 Å². The number of carbonyl (C=O) groups is 2. The van der Waals surface area contributed by atoms with Gasteiger partial charge in [0.05, 0.1) is 0 Å². The summed E-state index contributed by atoms with van der Waals surface area (Å²) in [4.78, 5) is 26.9. The lowest BCUT2D eigenvalue weighted by molar-refractivity contribution is -0.114. The summed E-state index contributed by atoms with van der Waals surface area (Å²) in [6.45, 7) is 5.43. The number of carbonyl (C=O) groups excluding carboxylic acids is 2. The summed E-state index contributed by atoms with van der Waals surface area (Å²) in [5, 5.41) is 9.60. The number of hydrogen-bond donors (Lipinski definition) is 2. The lowest BCUT2D eigenvalue weighted by atomic mass is 9.89. The number of likely N-dealkylation sites (tertiary alicyclic amines) is 1. The molecule has 0 atom stereocenters. The van der Waals surface area contributed by atoms with Crippen LogP contribution >= 0.6 is 11.6 Å². The van der Waals surface area contributed by atoms with Gasteiger partial charge < -0.3 is 20.0 Å². The topological polar surface area (TPSA) is 74.6 Å². The molecule has 4 aromatic carbocycles. The van der Waals surface area contributed by atoms with E-state index in [1.54, 1.807) is 6.92 Å². The number of nitrogens with zero attached hydrogens (tertiary/aromatic N) is 1. The lowest BCUT2D eigenvalue weighted by Gasteiger charge is -2.32. The van der Waals surface area contributed by atoms with Crippen LogP contribution in [0.5, 0.6) is 0 Å². The van der Waals surface area contributed by atoms with Gasteiger partial charge in [-0.3, -0.25) is 9.59 Å². The molecule has 5 aromatic rings. The minimum Gasteiger partial charge on any atom is -0.450 e. The first-order valence-corrected chi connectivity index (χ1v) is 15.9. The van der Waals surface area contributed by atoms with Gasteiger partial charge in [-0.15, -0.1) is 0 Å². The van der Waals surface area contributed by atoms with E-state index in [-0.39, 0.29) is 11.8 Å². The average Bonchev–Trinajstić information content (AvgIpc) is 3.48. The van der Waals surface area contributed by atoms with Crippen molar-refractivity contribution < 1.29 is 14.0 Å². The second kappa shape index (κ2) is 13.7. The zero-order valence-corrected chi connectivity index (χ0v) is 25.8. The Balaban J connectivity index is 0.972. The molecule has 7 heteroatoms. The van der Waals surface area contributed by atoms with E-state index in [9.17, 15) is 9.59 Å². The standard InChI is InChI=1S/C37H38ClN3O3/c1-25(42)40-31-9-7-8-28(22-31)26-16-20-41(21-17-26)19-6-2-5-18-39-37(43)35-24-29-23-34(27-12-14-30(38)15-13-27)32-10-3-4-11-33(32)36(29)44-35/h3-4,7-15,22-24,26H,2,5-6,16-21H2,1H3,(H,39,43)(H,40,42). The molecule has 44 heavy (non-hydrogen) atoms. The van der Waals surface area contributed by atoms with Crippen LogP contribution in [0, 0.1) is 0 Å². The fraction of sp³-hybridized carbons (Fsp3) is 0.297. The molecule has 226 valence electrons. The number of halogens is 1. The van der Waals surface area contributed by atoms with Crippen LogP contribution in [0.3, 0.4) is 0 Å². The van der Waals surface area contributed by atoms with Gasteiger partial charge in [0.2, 0.25) is 5.91 Å². The van der Waals surface area contributed by atoms with Crippen molar-refractivity contribution >= 4 is 50.8 Å². The number of hydrogen-bond acceptors (Lipinski definition) is 4. The van der Waals surface area contributed by atoms with Gasteiger partial charge in [-0.2, -0.15) is 0 Å². The van der Waals surface area contributed by atoms with Gasteiger partial charge in [0.1, 0.15) is 5.58 Å². The summed E-state index contributed by atoms with van der Waals surface area (Å²) < 4.78 is 6.12. The van der Waals surface area contributed by atoms with Crippen LogP contribution in [0.1, 0.15) is 61.1 Å². The van der Waals surface area contributed by atoms with Crippen LogP contribution in [-0.4, -0.2) is 42.9 Å². The molecule has 0 spiro atoms. The molecule has 2 heterocycles. The highest BCUT2D eigenvalue weighted by Gasteiger charge is 2.21. The van der Waals surface area contributed by atoms with E-state index in [1.165, 1.54) is 5.56 Å². The van der Waals surface area contributed by atoms with Crippen molar-refractivity contribution in [3.05, 3.63) is 101 Å². The molecule has 1 fully saturated rings. The van der Waals surface area contributed by atoms with Crippen molar-refractivity contribution in [1.82, 2.24) is 10.2 Å². The van der Waals surface area contributed by atoms with Crippen LogP contribution in [-0.2, 0) is 4.79 Å². The molecule has 1 saturated heterocycles. The molecule has 0 aliphatic carbocycles. The fourth-order valence-corrected chi connectivity index (χ4v) is 6.47. The third kappa shape index (κ3) is 6.98. The Kier molecular flexibility index (Phi) is 9.29. The Labute approximate surface area is 263 Å². The first-order chi connectivity index (χ1) is 21.4. The number of fused-ring (bicyclic) bond motifs is 3. The smallest absolute Gasteiger partial charge is 0.287 e. The van der Waals surface area contributed by atoms with E-state index in [2.05, 4.69) is 39.8 Å². The molecule has 0 bridgehead atoms. The number of unbranched alkanes of at least 4 members (excludes halogenated alkanes) is 2. The summed E-state index contributed by atoms with van der Waals surface area (Å²) in [6.07, 6.45) is 5.37. The zero-order chi connectivity index (χ0) is 30.5. The molecule has 6 rings (SSSR count). The van der Waals surface area contributed by atoms with Crippen LogP contribution in [0.15, 0.2) is 89.3 Å². The van der Waals surface area contributed by atoms with Crippen LogP contribution in [0.4, 0.5) is 5.69 Å². The summed E-state index contributed by atoms with van der Waals surface area (Å²) in [6, 6.07) is 28.1. The maximum Gasteiger partial charge on any atom is 0.287 e. The summed E-state index contributed by atoms with van der Waals surface area (Å²) in [7, 11) is 0. The molecule has 0 radical (unpaired) electrons. The van der Waals surface area contributed by atoms with Crippen molar-refractivity contribution in [1.29, 1.82) is 0 Å². The maximum absolute atomic E-state index is 13.0. The molecule has 2 N–H and O–H groups in total. The molecular formula is C37H38ClN3O3. The quantitative estimate of drug-likeness (QED) is 0.156. The number of furan rings is 1. The van der Waals surface area contributed by atoms with E-state index >= 15 is 0 Å². The largest absolute Gasteiger partial charge is 0.450 e. The van der Waals surface area contributed by atoms with Gasteiger partial charge in [0.25, 0.3) is 5.91 Å². The Hall–Kier alpha value is -4.13. The molecule has 1 aromatic heterocycles. The summed E-state index contributed by atoms with van der Waals surface area (Å²) in [5.74, 6) is 0.659. The second-order valence-electron chi connectivity index (χ2n) is 11.7. The van der Waals surface area contributed by atoms with Crippen LogP contribution in [0.2, 0.25) is 5.02 Å². The molecule has 0 saturated carbocycles. The Morgan fingerprint density at radius 2 is 1.66 bits per heavy atom. The van der Waals surface area contributed by atoms with Gasteiger partial charge in [0.15, 0.2) is 5.76 Å². The Bertz CT molecular complexity index is 1770. The van der Waals surface area contributed by atoms with Gasteiger partial charge in [-0.25, -0.2) is 0 Å². The van der Waals surface area contributed by atoms with Crippen LogP contribution < -0.4 is 10.6 Å². The molecule has 1 aliphatic heterocycles. The van der Waals surface area contributed by atoms with Crippen molar-refractivity contribution in [3.63, 3.8) is 0 Å². The average molecular weight is 608 g/mol.